The molecule has 3 fully saturated rings. The first-order valence-electron chi connectivity index (χ1n) is 14.2. The number of phenols is 1. The van der Waals surface area contributed by atoms with Crippen molar-refractivity contribution in [2.45, 2.75) is 87.0 Å². The van der Waals surface area contributed by atoms with Gasteiger partial charge in [-0.25, -0.2) is 0 Å². The maximum Gasteiger partial charge on any atom is 0.222 e. The number of carbonyl (C=O) groups is 1. The van der Waals surface area contributed by atoms with Gasteiger partial charge in [-0.3, -0.25) is 9.69 Å². The normalized spacial score (nSPS) is 33.5. The molecule has 6 nitrogen and oxygen atoms in total. The Morgan fingerprint density at radius 1 is 1.14 bits per heavy atom. The van der Waals surface area contributed by atoms with Crippen LogP contribution >= 0.6 is 0 Å². The molecule has 2 aromatic carbocycles. The van der Waals surface area contributed by atoms with Crippen LogP contribution in [0.3, 0.4) is 0 Å². The van der Waals surface area contributed by atoms with Gasteiger partial charge in [0, 0.05) is 31.6 Å². The van der Waals surface area contributed by atoms with Crippen molar-refractivity contribution >= 4 is 5.91 Å². The van der Waals surface area contributed by atoms with E-state index in [1.54, 1.807) is 6.07 Å². The van der Waals surface area contributed by atoms with Gasteiger partial charge < -0.3 is 19.8 Å². The van der Waals surface area contributed by atoms with E-state index in [0.717, 1.165) is 50.3 Å². The highest BCUT2D eigenvalue weighted by atomic mass is 16.5. The summed E-state index contributed by atoms with van der Waals surface area (Å²) >= 11 is 0. The van der Waals surface area contributed by atoms with Crippen LogP contribution in [0, 0.1) is 5.92 Å². The van der Waals surface area contributed by atoms with Gasteiger partial charge in [0.25, 0.3) is 0 Å². The van der Waals surface area contributed by atoms with Crippen LogP contribution < -0.4 is 4.74 Å². The number of aromatic hydroxyl groups is 1. The maximum atomic E-state index is 13.4. The van der Waals surface area contributed by atoms with E-state index in [4.69, 9.17) is 4.74 Å². The number of amides is 1. The summed E-state index contributed by atoms with van der Waals surface area (Å²) in [6, 6.07) is 14.0. The van der Waals surface area contributed by atoms with Crippen LogP contribution in [0.15, 0.2) is 42.5 Å². The molecular weight excluding hydrogens is 464 g/mol. The second-order valence-corrected chi connectivity index (χ2v) is 12.2. The maximum absolute atomic E-state index is 13.4. The largest absolute Gasteiger partial charge is 0.504 e. The minimum absolute atomic E-state index is 0.0590. The number of piperidine rings is 1. The highest BCUT2D eigenvalue weighted by Gasteiger charge is 2.73. The summed E-state index contributed by atoms with van der Waals surface area (Å²) in [5.74, 6) is 1.59. The first kappa shape index (κ1) is 23.5. The first-order chi connectivity index (χ1) is 17.9. The van der Waals surface area contributed by atoms with E-state index in [-0.39, 0.29) is 29.8 Å². The number of ether oxygens (including phenoxy) is 1. The van der Waals surface area contributed by atoms with Crippen LogP contribution in [-0.4, -0.2) is 69.8 Å². The van der Waals surface area contributed by atoms with Crippen molar-refractivity contribution in [1.82, 2.24) is 9.80 Å². The van der Waals surface area contributed by atoms with Crippen LogP contribution in [0.4, 0.5) is 0 Å². The number of aryl methyl sites for hydroxylation is 1. The summed E-state index contributed by atoms with van der Waals surface area (Å²) in [7, 11) is 1.91. The van der Waals surface area contributed by atoms with Crippen molar-refractivity contribution in [2.75, 3.05) is 20.1 Å². The molecule has 37 heavy (non-hydrogen) atoms. The van der Waals surface area contributed by atoms with Gasteiger partial charge in [0.05, 0.1) is 17.1 Å². The SMILES string of the molecule is CN(C(=O)CCCc1ccccc1)[C@H]1CC[C@@]2(O)[C@H]3Cc4ccc(O)c5c4[C@@]2(CCN3CC2CC2)[C@H]1O5. The molecule has 1 amide bonds. The highest BCUT2D eigenvalue weighted by Crippen LogP contribution is 2.66. The van der Waals surface area contributed by atoms with Crippen molar-refractivity contribution in [1.29, 1.82) is 0 Å². The van der Waals surface area contributed by atoms with Crippen LogP contribution in [0.2, 0.25) is 0 Å². The number of benzene rings is 2. The lowest BCUT2D eigenvalue weighted by atomic mass is 9.48. The standard InChI is InChI=1S/C31H38N2O4/c1-32(26(35)9-5-8-20-6-3-2-4-7-20)23-14-15-31(36)25-18-22-12-13-24(34)28-27(22)30(31,29(23)37-28)16-17-33(25)19-21-10-11-21/h2-4,6-7,12-13,21,23,25,29,34,36H,5,8-11,14-19H2,1H3/t23-,25+,29-,30-,31+/m0/s1. The average Bonchev–Trinajstić information content (AvgIpc) is 3.64. The Kier molecular flexibility index (Phi) is 5.39. The van der Waals surface area contributed by atoms with Gasteiger partial charge >= 0.3 is 0 Å². The summed E-state index contributed by atoms with van der Waals surface area (Å²) in [4.78, 5) is 17.8. The molecule has 5 aliphatic rings. The van der Waals surface area contributed by atoms with Gasteiger partial charge in [0.1, 0.15) is 6.10 Å². The van der Waals surface area contributed by atoms with Crippen molar-refractivity contribution in [3.8, 4) is 11.5 Å². The van der Waals surface area contributed by atoms with Gasteiger partial charge in [-0.15, -0.1) is 0 Å². The van der Waals surface area contributed by atoms with Gasteiger partial charge in [-0.05, 0) is 81.0 Å². The number of hydrogen-bond acceptors (Lipinski definition) is 5. The zero-order valence-corrected chi connectivity index (χ0v) is 21.7. The Labute approximate surface area is 219 Å². The first-order valence-corrected chi connectivity index (χ1v) is 14.2. The second kappa shape index (κ2) is 8.47. The van der Waals surface area contributed by atoms with Gasteiger partial charge in [-0.1, -0.05) is 36.4 Å². The van der Waals surface area contributed by atoms with E-state index in [2.05, 4.69) is 17.0 Å². The zero-order chi connectivity index (χ0) is 25.4. The molecule has 7 rings (SSSR count). The second-order valence-electron chi connectivity index (χ2n) is 12.2. The zero-order valence-electron chi connectivity index (χ0n) is 21.7. The van der Waals surface area contributed by atoms with E-state index in [9.17, 15) is 15.0 Å². The Morgan fingerprint density at radius 2 is 1.95 bits per heavy atom. The van der Waals surface area contributed by atoms with E-state index in [1.807, 2.05) is 36.2 Å². The van der Waals surface area contributed by atoms with Crippen molar-refractivity contribution in [3.05, 3.63) is 59.2 Å². The molecule has 0 unspecified atom stereocenters. The monoisotopic (exact) mass is 502 g/mol. The number of carbonyl (C=O) groups excluding carboxylic acids is 1. The number of hydrogen-bond donors (Lipinski definition) is 2. The molecule has 1 spiro atoms. The number of phenolic OH excluding ortho intramolecular Hbond substituents is 1. The summed E-state index contributed by atoms with van der Waals surface area (Å²) < 4.78 is 6.64. The fraction of sp³-hybridized carbons (Fsp3) is 0.581. The number of nitrogens with zero attached hydrogens (tertiary/aromatic N) is 2. The van der Waals surface area contributed by atoms with Gasteiger partial charge in [-0.2, -0.15) is 0 Å². The molecule has 2 heterocycles. The molecule has 2 N–H and O–H groups in total. The fourth-order valence-corrected chi connectivity index (χ4v) is 8.30. The third-order valence-electron chi connectivity index (χ3n) is 10.3. The number of likely N-dealkylation sites (N-methyl/N-ethyl adjacent to an activating group) is 1. The molecule has 3 aliphatic carbocycles. The quantitative estimate of drug-likeness (QED) is 0.603. The number of likely N-dealkylation sites (tertiary alicyclic amines) is 1. The predicted octanol–water partition coefficient (Wildman–Crippen LogP) is 3.81. The molecule has 0 radical (unpaired) electrons. The topological polar surface area (TPSA) is 73.2 Å². The smallest absolute Gasteiger partial charge is 0.222 e. The van der Waals surface area contributed by atoms with Crippen LogP contribution in [0.25, 0.3) is 0 Å². The van der Waals surface area contributed by atoms with E-state index in [1.165, 1.54) is 24.0 Å². The molecule has 5 atom stereocenters. The van der Waals surface area contributed by atoms with Crippen molar-refractivity contribution in [3.63, 3.8) is 0 Å². The molecule has 6 heteroatoms. The van der Waals surface area contributed by atoms with Crippen molar-refractivity contribution < 1.29 is 19.7 Å². The Hall–Kier alpha value is -2.57. The lowest BCUT2D eigenvalue weighted by Gasteiger charge is -2.64. The van der Waals surface area contributed by atoms with E-state index < -0.39 is 11.0 Å². The summed E-state index contributed by atoms with van der Waals surface area (Å²) in [6.07, 6.45) is 7.39. The van der Waals surface area contributed by atoms with Gasteiger partial charge in [0.2, 0.25) is 5.91 Å². The molecule has 0 aromatic heterocycles. The number of aliphatic hydroxyl groups is 1. The fourth-order valence-electron chi connectivity index (χ4n) is 8.30. The van der Waals surface area contributed by atoms with Gasteiger partial charge in [0.15, 0.2) is 11.5 Å². The molecule has 2 saturated carbocycles. The van der Waals surface area contributed by atoms with Crippen LogP contribution in [0.1, 0.15) is 61.6 Å². The number of rotatable bonds is 7. The molecule has 2 aliphatic heterocycles. The highest BCUT2D eigenvalue weighted by molar-refractivity contribution is 5.76. The molecule has 2 bridgehead atoms. The molecule has 2 aromatic rings. The lowest BCUT2D eigenvalue weighted by molar-refractivity contribution is -0.200. The summed E-state index contributed by atoms with van der Waals surface area (Å²) in [5.41, 5.74) is 1.98. The Morgan fingerprint density at radius 3 is 2.73 bits per heavy atom. The molecular formula is C31H38N2O4. The van der Waals surface area contributed by atoms with Crippen LogP contribution in [-0.2, 0) is 23.1 Å². The molecule has 1 saturated heterocycles. The lowest BCUT2D eigenvalue weighted by Crippen LogP contribution is -2.78. The Balaban J connectivity index is 1.18. The van der Waals surface area contributed by atoms with Crippen LogP contribution in [0.5, 0.6) is 11.5 Å². The Bertz CT molecular complexity index is 1210. The molecule has 196 valence electrons. The summed E-state index contributed by atoms with van der Waals surface area (Å²) in [6.45, 7) is 2.00. The summed E-state index contributed by atoms with van der Waals surface area (Å²) in [5, 5.41) is 23.4. The minimum Gasteiger partial charge on any atom is -0.504 e. The van der Waals surface area contributed by atoms with E-state index >= 15 is 0 Å². The third kappa shape index (κ3) is 3.41. The minimum atomic E-state index is -0.912. The third-order valence-corrected chi connectivity index (χ3v) is 10.3. The van der Waals surface area contributed by atoms with Crippen molar-refractivity contribution in [2.24, 2.45) is 5.92 Å². The predicted molar refractivity (Wildman–Crippen MR) is 141 cm³/mol. The average molecular weight is 503 g/mol. The van der Waals surface area contributed by atoms with E-state index in [0.29, 0.717) is 25.0 Å².